The standard InChI is InChI=1S/C20H25N3O3/c1-14(2)13-26-19-9-5-8-18(11-19)23-20(25)12-21-16-6-4-7-17(10-16)22-15(3)24/h4-11,14,21H,12-13H2,1-3H3,(H,22,24)(H,23,25). The fraction of sp³-hybridized carbons (Fsp3) is 0.300. The Kier molecular flexibility index (Phi) is 7.02. The molecule has 0 aromatic heterocycles. The Balaban J connectivity index is 1.87. The summed E-state index contributed by atoms with van der Waals surface area (Å²) in [5, 5.41) is 8.58. The Labute approximate surface area is 153 Å². The molecule has 138 valence electrons. The van der Waals surface area contributed by atoms with Crippen LogP contribution in [0.2, 0.25) is 0 Å². The van der Waals surface area contributed by atoms with E-state index in [1.54, 1.807) is 24.3 Å². The van der Waals surface area contributed by atoms with Crippen LogP contribution in [0.1, 0.15) is 20.8 Å². The van der Waals surface area contributed by atoms with Gasteiger partial charge in [-0.15, -0.1) is 0 Å². The van der Waals surface area contributed by atoms with Gasteiger partial charge in [0.1, 0.15) is 5.75 Å². The average Bonchev–Trinajstić information content (AvgIpc) is 2.58. The lowest BCUT2D eigenvalue weighted by atomic mass is 10.2. The lowest BCUT2D eigenvalue weighted by Crippen LogP contribution is -2.21. The molecule has 3 N–H and O–H groups in total. The van der Waals surface area contributed by atoms with Gasteiger partial charge in [-0.05, 0) is 36.2 Å². The number of hydrogen-bond donors (Lipinski definition) is 3. The van der Waals surface area contributed by atoms with Crippen molar-refractivity contribution in [1.82, 2.24) is 0 Å². The molecule has 2 aromatic carbocycles. The van der Waals surface area contributed by atoms with Crippen LogP contribution in [0.3, 0.4) is 0 Å². The number of hydrogen-bond acceptors (Lipinski definition) is 4. The molecule has 0 saturated carbocycles. The predicted octanol–water partition coefficient (Wildman–Crippen LogP) is 3.73. The molecule has 0 aliphatic heterocycles. The summed E-state index contributed by atoms with van der Waals surface area (Å²) in [6.07, 6.45) is 0. The maximum absolute atomic E-state index is 12.1. The van der Waals surface area contributed by atoms with Gasteiger partial charge in [-0.2, -0.15) is 0 Å². The molecule has 0 bridgehead atoms. The zero-order valence-electron chi connectivity index (χ0n) is 15.3. The molecule has 0 aliphatic rings. The minimum absolute atomic E-state index is 0.112. The second-order valence-electron chi connectivity index (χ2n) is 6.40. The normalized spacial score (nSPS) is 10.3. The van der Waals surface area contributed by atoms with Crippen LogP contribution in [0.25, 0.3) is 0 Å². The van der Waals surface area contributed by atoms with Crippen LogP contribution in [0.15, 0.2) is 48.5 Å². The number of carbonyl (C=O) groups is 2. The van der Waals surface area contributed by atoms with E-state index >= 15 is 0 Å². The van der Waals surface area contributed by atoms with Crippen molar-refractivity contribution >= 4 is 28.9 Å². The minimum Gasteiger partial charge on any atom is -0.493 e. The molecule has 0 unspecified atom stereocenters. The number of carbonyl (C=O) groups excluding carboxylic acids is 2. The molecular weight excluding hydrogens is 330 g/mol. The molecular formula is C20H25N3O3. The van der Waals surface area contributed by atoms with Crippen molar-refractivity contribution in [2.75, 3.05) is 29.1 Å². The SMILES string of the molecule is CC(=O)Nc1cccc(NCC(=O)Nc2cccc(OCC(C)C)c2)c1. The smallest absolute Gasteiger partial charge is 0.243 e. The van der Waals surface area contributed by atoms with Crippen LogP contribution in [-0.2, 0) is 9.59 Å². The molecule has 6 nitrogen and oxygen atoms in total. The quantitative estimate of drug-likeness (QED) is 0.674. The summed E-state index contributed by atoms with van der Waals surface area (Å²) >= 11 is 0. The zero-order chi connectivity index (χ0) is 18.9. The first-order valence-electron chi connectivity index (χ1n) is 8.56. The monoisotopic (exact) mass is 355 g/mol. The fourth-order valence-corrected chi connectivity index (χ4v) is 2.22. The van der Waals surface area contributed by atoms with Crippen LogP contribution in [0.5, 0.6) is 5.75 Å². The summed E-state index contributed by atoms with van der Waals surface area (Å²) in [5.74, 6) is 0.855. The molecule has 0 aliphatic carbocycles. The minimum atomic E-state index is -0.170. The topological polar surface area (TPSA) is 79.5 Å². The van der Waals surface area contributed by atoms with E-state index in [2.05, 4.69) is 29.8 Å². The first kappa shape index (κ1) is 19.3. The summed E-state index contributed by atoms with van der Waals surface area (Å²) in [4.78, 5) is 23.2. The Morgan fingerprint density at radius 1 is 0.962 bits per heavy atom. The second-order valence-corrected chi connectivity index (χ2v) is 6.40. The summed E-state index contributed by atoms with van der Waals surface area (Å²) in [6, 6.07) is 14.5. The van der Waals surface area contributed by atoms with Gasteiger partial charge < -0.3 is 20.7 Å². The van der Waals surface area contributed by atoms with Crippen molar-refractivity contribution in [2.45, 2.75) is 20.8 Å². The summed E-state index contributed by atoms with van der Waals surface area (Å²) in [6.45, 7) is 6.35. The predicted molar refractivity (Wildman–Crippen MR) is 105 cm³/mol. The highest BCUT2D eigenvalue weighted by Crippen LogP contribution is 2.18. The number of benzene rings is 2. The van der Waals surface area contributed by atoms with Crippen LogP contribution in [-0.4, -0.2) is 25.0 Å². The van der Waals surface area contributed by atoms with Crippen molar-refractivity contribution in [3.05, 3.63) is 48.5 Å². The molecule has 0 saturated heterocycles. The van der Waals surface area contributed by atoms with Crippen molar-refractivity contribution in [1.29, 1.82) is 0 Å². The van der Waals surface area contributed by atoms with Gasteiger partial charge in [0.2, 0.25) is 11.8 Å². The van der Waals surface area contributed by atoms with E-state index in [-0.39, 0.29) is 18.4 Å². The lowest BCUT2D eigenvalue weighted by molar-refractivity contribution is -0.115. The maximum Gasteiger partial charge on any atom is 0.243 e. The van der Waals surface area contributed by atoms with E-state index in [9.17, 15) is 9.59 Å². The van der Waals surface area contributed by atoms with Crippen molar-refractivity contribution in [3.8, 4) is 5.75 Å². The highest BCUT2D eigenvalue weighted by molar-refractivity contribution is 5.94. The Morgan fingerprint density at radius 3 is 2.31 bits per heavy atom. The third-order valence-electron chi connectivity index (χ3n) is 3.34. The summed E-state index contributed by atoms with van der Waals surface area (Å²) in [7, 11) is 0. The van der Waals surface area contributed by atoms with Gasteiger partial charge >= 0.3 is 0 Å². The third kappa shape index (κ3) is 6.84. The van der Waals surface area contributed by atoms with Crippen molar-refractivity contribution in [3.63, 3.8) is 0 Å². The van der Waals surface area contributed by atoms with Gasteiger partial charge in [-0.25, -0.2) is 0 Å². The van der Waals surface area contributed by atoms with Crippen molar-refractivity contribution < 1.29 is 14.3 Å². The first-order valence-corrected chi connectivity index (χ1v) is 8.56. The Hall–Kier alpha value is -3.02. The fourth-order valence-electron chi connectivity index (χ4n) is 2.22. The van der Waals surface area contributed by atoms with Crippen LogP contribution in [0.4, 0.5) is 17.1 Å². The largest absolute Gasteiger partial charge is 0.493 e. The molecule has 2 amide bonds. The van der Waals surface area contributed by atoms with Gasteiger partial charge in [0.05, 0.1) is 13.2 Å². The summed E-state index contributed by atoms with van der Waals surface area (Å²) < 4.78 is 5.66. The molecule has 26 heavy (non-hydrogen) atoms. The van der Waals surface area contributed by atoms with E-state index in [0.717, 1.165) is 11.4 Å². The Morgan fingerprint density at radius 2 is 1.62 bits per heavy atom. The number of ether oxygens (including phenoxy) is 1. The number of amides is 2. The molecule has 2 aromatic rings. The number of rotatable bonds is 8. The molecule has 6 heteroatoms. The molecule has 2 rings (SSSR count). The van der Waals surface area contributed by atoms with E-state index < -0.39 is 0 Å². The summed E-state index contributed by atoms with van der Waals surface area (Å²) in [5.41, 5.74) is 2.11. The molecule has 0 atom stereocenters. The van der Waals surface area contributed by atoms with E-state index in [4.69, 9.17) is 4.74 Å². The van der Waals surface area contributed by atoms with Gasteiger partial charge in [-0.3, -0.25) is 9.59 Å². The number of nitrogens with one attached hydrogen (secondary N) is 3. The van der Waals surface area contributed by atoms with E-state index in [1.807, 2.05) is 24.3 Å². The Bertz CT molecular complexity index is 759. The molecule has 0 radical (unpaired) electrons. The maximum atomic E-state index is 12.1. The van der Waals surface area contributed by atoms with Crippen LogP contribution < -0.4 is 20.7 Å². The average molecular weight is 355 g/mol. The first-order chi connectivity index (χ1) is 12.4. The lowest BCUT2D eigenvalue weighted by Gasteiger charge is -2.12. The second kappa shape index (κ2) is 9.46. The van der Waals surface area contributed by atoms with Gasteiger partial charge in [-0.1, -0.05) is 26.0 Å². The van der Waals surface area contributed by atoms with Crippen LogP contribution in [0, 0.1) is 5.92 Å². The van der Waals surface area contributed by atoms with Gasteiger partial charge in [0.25, 0.3) is 0 Å². The molecule has 0 heterocycles. The number of anilines is 3. The van der Waals surface area contributed by atoms with Gasteiger partial charge in [0.15, 0.2) is 0 Å². The van der Waals surface area contributed by atoms with Gasteiger partial charge in [0, 0.05) is 30.1 Å². The molecule has 0 spiro atoms. The highest BCUT2D eigenvalue weighted by atomic mass is 16.5. The highest BCUT2D eigenvalue weighted by Gasteiger charge is 2.05. The third-order valence-corrected chi connectivity index (χ3v) is 3.34. The zero-order valence-corrected chi connectivity index (χ0v) is 15.3. The van der Waals surface area contributed by atoms with Crippen LogP contribution >= 0.6 is 0 Å². The molecule has 0 fully saturated rings. The van der Waals surface area contributed by atoms with E-state index in [0.29, 0.717) is 23.9 Å². The van der Waals surface area contributed by atoms with Crippen molar-refractivity contribution in [2.24, 2.45) is 5.92 Å². The van der Waals surface area contributed by atoms with E-state index in [1.165, 1.54) is 6.92 Å².